The van der Waals surface area contributed by atoms with Crippen molar-refractivity contribution < 1.29 is 9.59 Å². The van der Waals surface area contributed by atoms with Crippen molar-refractivity contribution in [2.75, 3.05) is 13.1 Å². The van der Waals surface area contributed by atoms with Gasteiger partial charge in [-0.3, -0.25) is 14.3 Å². The average Bonchev–Trinajstić information content (AvgIpc) is 3.17. The summed E-state index contributed by atoms with van der Waals surface area (Å²) >= 11 is 0. The number of likely N-dealkylation sites (tertiary alicyclic amines) is 1. The quantitative estimate of drug-likeness (QED) is 0.785. The molecule has 4 fully saturated rings. The molecule has 0 N–H and O–H groups in total. The van der Waals surface area contributed by atoms with Gasteiger partial charge in [0.05, 0.1) is 0 Å². The largest absolute Gasteiger partial charge is 0.337 e. The number of aryl methyl sites for hydroxylation is 1. The van der Waals surface area contributed by atoms with Crippen molar-refractivity contribution in [1.29, 1.82) is 0 Å². The molecule has 1 saturated carbocycles. The molecule has 1 aliphatic carbocycles. The van der Waals surface area contributed by atoms with Crippen molar-refractivity contribution in [3.05, 3.63) is 18.0 Å². The van der Waals surface area contributed by atoms with Crippen LogP contribution in [0.1, 0.15) is 74.7 Å². The number of carbonyl (C=O) groups is 2. The third kappa shape index (κ3) is 3.49. The topological polar surface area (TPSA) is 58.4 Å². The van der Waals surface area contributed by atoms with E-state index in [1.807, 2.05) is 13.1 Å². The van der Waals surface area contributed by atoms with E-state index < -0.39 is 0 Å². The summed E-state index contributed by atoms with van der Waals surface area (Å²) in [6.07, 6.45) is 13.5. The summed E-state index contributed by atoms with van der Waals surface area (Å²) in [6.45, 7) is 1.57. The highest BCUT2D eigenvalue weighted by molar-refractivity contribution is 5.92. The Morgan fingerprint density at radius 2 is 1.90 bits per heavy atom. The summed E-state index contributed by atoms with van der Waals surface area (Å²) in [5.74, 6) is 2.09. The fraction of sp³-hybridized carbons (Fsp3) is 0.783. The Morgan fingerprint density at radius 1 is 1.10 bits per heavy atom. The van der Waals surface area contributed by atoms with Crippen molar-refractivity contribution in [3.8, 4) is 0 Å². The van der Waals surface area contributed by atoms with Crippen LogP contribution in [0.5, 0.6) is 0 Å². The maximum Gasteiger partial charge on any atom is 0.272 e. The first-order valence-electron chi connectivity index (χ1n) is 11.7. The maximum atomic E-state index is 13.2. The predicted molar refractivity (Wildman–Crippen MR) is 110 cm³/mol. The first-order valence-corrected chi connectivity index (χ1v) is 11.7. The second-order valence-corrected chi connectivity index (χ2v) is 9.87. The SMILES string of the molecule is Cn1nccc1C(=O)N1C[C@H]2C[C@@H](C1)[C@H](CC1CCCCC1)N1C(=O)CCC[C@@H]21. The molecule has 5 rings (SSSR count). The van der Waals surface area contributed by atoms with Crippen LogP contribution in [0.3, 0.4) is 0 Å². The molecule has 1 aromatic rings. The second kappa shape index (κ2) is 7.77. The molecule has 158 valence electrons. The van der Waals surface area contributed by atoms with Gasteiger partial charge in [-0.25, -0.2) is 0 Å². The second-order valence-electron chi connectivity index (χ2n) is 9.87. The van der Waals surface area contributed by atoms with E-state index in [4.69, 9.17) is 0 Å². The van der Waals surface area contributed by atoms with Gasteiger partial charge < -0.3 is 9.80 Å². The van der Waals surface area contributed by atoms with Gasteiger partial charge in [-0.2, -0.15) is 5.10 Å². The van der Waals surface area contributed by atoms with Crippen molar-refractivity contribution in [3.63, 3.8) is 0 Å². The molecule has 0 unspecified atom stereocenters. The van der Waals surface area contributed by atoms with Crippen LogP contribution in [0, 0.1) is 17.8 Å². The summed E-state index contributed by atoms with van der Waals surface area (Å²) in [5.41, 5.74) is 0.672. The van der Waals surface area contributed by atoms with E-state index in [9.17, 15) is 9.59 Å². The lowest BCUT2D eigenvalue weighted by atomic mass is 9.69. The molecular weight excluding hydrogens is 364 g/mol. The van der Waals surface area contributed by atoms with E-state index in [1.165, 1.54) is 38.5 Å². The summed E-state index contributed by atoms with van der Waals surface area (Å²) < 4.78 is 1.68. The minimum absolute atomic E-state index is 0.103. The fourth-order valence-electron chi connectivity index (χ4n) is 6.75. The van der Waals surface area contributed by atoms with E-state index in [0.29, 0.717) is 35.5 Å². The molecule has 2 bridgehead atoms. The van der Waals surface area contributed by atoms with E-state index in [2.05, 4.69) is 14.9 Å². The van der Waals surface area contributed by atoms with Gasteiger partial charge in [-0.1, -0.05) is 32.1 Å². The first-order chi connectivity index (χ1) is 14.1. The third-order valence-electron chi connectivity index (χ3n) is 8.12. The highest BCUT2D eigenvalue weighted by Crippen LogP contribution is 2.44. The van der Waals surface area contributed by atoms with Crippen LogP contribution in [-0.2, 0) is 11.8 Å². The lowest BCUT2D eigenvalue weighted by Gasteiger charge is -2.57. The number of aromatic nitrogens is 2. The van der Waals surface area contributed by atoms with E-state index >= 15 is 0 Å². The lowest BCUT2D eigenvalue weighted by Crippen LogP contribution is -2.65. The maximum absolute atomic E-state index is 13.2. The number of rotatable bonds is 3. The molecule has 3 aliphatic heterocycles. The smallest absolute Gasteiger partial charge is 0.272 e. The zero-order valence-corrected chi connectivity index (χ0v) is 17.6. The van der Waals surface area contributed by atoms with Gasteiger partial charge in [-0.15, -0.1) is 0 Å². The standard InChI is InChI=1S/C23H34N4O2/c1-25-20(10-11-24-25)23(29)26-14-17-13-18(15-26)21(12-16-6-3-2-4-7-16)27-19(17)8-5-9-22(27)28/h10-11,16-19,21H,2-9,12-15H2,1H3/t17-,18+,19+,21+/m1/s1. The third-order valence-corrected chi connectivity index (χ3v) is 8.12. The number of piperidine rings is 3. The van der Waals surface area contributed by atoms with Gasteiger partial charge in [0.1, 0.15) is 5.69 Å². The molecule has 1 aromatic heterocycles. The van der Waals surface area contributed by atoms with Crippen LogP contribution in [0.15, 0.2) is 12.3 Å². The first kappa shape index (κ1) is 19.1. The molecule has 4 atom stereocenters. The summed E-state index contributed by atoms with van der Waals surface area (Å²) in [5, 5.41) is 4.19. The molecular formula is C23H34N4O2. The molecule has 3 saturated heterocycles. The van der Waals surface area contributed by atoms with Crippen LogP contribution < -0.4 is 0 Å². The average molecular weight is 399 g/mol. The van der Waals surface area contributed by atoms with Crippen LogP contribution >= 0.6 is 0 Å². The van der Waals surface area contributed by atoms with Gasteiger partial charge in [0, 0.05) is 44.8 Å². The van der Waals surface area contributed by atoms with E-state index in [1.54, 1.807) is 10.9 Å². The minimum atomic E-state index is 0.103. The Kier molecular flexibility index (Phi) is 5.12. The number of fused-ring (bicyclic) bond motifs is 4. The van der Waals surface area contributed by atoms with E-state index in [-0.39, 0.29) is 5.91 Å². The molecule has 4 heterocycles. The van der Waals surface area contributed by atoms with Crippen LogP contribution in [-0.4, -0.2) is 56.6 Å². The highest BCUT2D eigenvalue weighted by atomic mass is 16.2. The van der Waals surface area contributed by atoms with Crippen molar-refractivity contribution in [1.82, 2.24) is 19.6 Å². The molecule has 0 spiro atoms. The monoisotopic (exact) mass is 398 g/mol. The number of amides is 2. The van der Waals surface area contributed by atoms with Gasteiger partial charge in [-0.05, 0) is 49.5 Å². The summed E-state index contributed by atoms with van der Waals surface area (Å²) in [4.78, 5) is 30.6. The Balaban J connectivity index is 1.40. The number of nitrogens with zero attached hydrogens (tertiary/aromatic N) is 4. The van der Waals surface area contributed by atoms with Crippen molar-refractivity contribution >= 4 is 11.8 Å². The zero-order chi connectivity index (χ0) is 20.0. The summed E-state index contributed by atoms with van der Waals surface area (Å²) in [7, 11) is 1.84. The van der Waals surface area contributed by atoms with E-state index in [0.717, 1.165) is 44.7 Å². The van der Waals surface area contributed by atoms with Crippen molar-refractivity contribution in [2.45, 2.75) is 76.3 Å². The Labute approximate surface area is 173 Å². The molecule has 0 radical (unpaired) electrons. The molecule has 0 aromatic carbocycles. The van der Waals surface area contributed by atoms with Crippen LogP contribution in [0.4, 0.5) is 0 Å². The Bertz CT molecular complexity index is 769. The molecule has 6 nitrogen and oxygen atoms in total. The highest BCUT2D eigenvalue weighted by Gasteiger charge is 2.50. The molecule has 2 amide bonds. The molecule has 6 heteroatoms. The Morgan fingerprint density at radius 3 is 2.66 bits per heavy atom. The van der Waals surface area contributed by atoms with Gasteiger partial charge in [0.2, 0.25) is 5.91 Å². The van der Waals surface area contributed by atoms with Gasteiger partial charge in [0.25, 0.3) is 5.91 Å². The zero-order valence-electron chi connectivity index (χ0n) is 17.6. The minimum Gasteiger partial charge on any atom is -0.337 e. The number of hydrogen-bond donors (Lipinski definition) is 0. The summed E-state index contributed by atoms with van der Waals surface area (Å²) in [6, 6.07) is 2.49. The number of hydrogen-bond acceptors (Lipinski definition) is 3. The van der Waals surface area contributed by atoms with Gasteiger partial charge >= 0.3 is 0 Å². The normalized spacial score (nSPS) is 32.9. The predicted octanol–water partition coefficient (Wildman–Crippen LogP) is 3.23. The fourth-order valence-corrected chi connectivity index (χ4v) is 6.75. The number of carbonyl (C=O) groups excluding carboxylic acids is 2. The van der Waals surface area contributed by atoms with Gasteiger partial charge in [0.15, 0.2) is 0 Å². The van der Waals surface area contributed by atoms with Crippen LogP contribution in [0.25, 0.3) is 0 Å². The lowest BCUT2D eigenvalue weighted by molar-refractivity contribution is -0.153. The molecule has 4 aliphatic rings. The van der Waals surface area contributed by atoms with Crippen LogP contribution in [0.2, 0.25) is 0 Å². The molecule has 29 heavy (non-hydrogen) atoms. The Hall–Kier alpha value is -1.85. The van der Waals surface area contributed by atoms with Crippen molar-refractivity contribution in [2.24, 2.45) is 24.8 Å².